The van der Waals surface area contributed by atoms with E-state index in [4.69, 9.17) is 10.5 Å². The lowest BCUT2D eigenvalue weighted by molar-refractivity contribution is 0.141. The van der Waals surface area contributed by atoms with E-state index in [-0.39, 0.29) is 12.4 Å². The molecular weight excluding hydrogens is 280 g/mol. The van der Waals surface area contributed by atoms with Crippen molar-refractivity contribution in [1.29, 1.82) is 0 Å². The van der Waals surface area contributed by atoms with E-state index in [0.29, 0.717) is 17.8 Å². The summed E-state index contributed by atoms with van der Waals surface area (Å²) in [5.41, 5.74) is 7.73. The first-order valence-electron chi connectivity index (χ1n) is 6.85. The number of nitrogens with two attached hydrogens (primary N) is 1. The number of carbonyl (C=O) groups excluding carboxylic acids is 1. The largest absolute Gasteiger partial charge is 0.507 e. The highest BCUT2D eigenvalue weighted by molar-refractivity contribution is 5.68. The summed E-state index contributed by atoms with van der Waals surface area (Å²) >= 11 is 0. The highest BCUT2D eigenvalue weighted by Gasteiger charge is 2.01. The number of ether oxygens (including phenoxy) is 1. The molecule has 0 unspecified atom stereocenters. The number of amides is 1. The third kappa shape index (κ3) is 4.86. The third-order valence-corrected chi connectivity index (χ3v) is 2.93. The second-order valence-corrected chi connectivity index (χ2v) is 4.66. The fraction of sp³-hybridized carbons (Fsp3) is 0.118. The number of nitrogens with one attached hydrogen (secondary N) is 1. The van der Waals surface area contributed by atoms with Crippen LogP contribution in [0.1, 0.15) is 11.1 Å². The fourth-order valence-corrected chi connectivity index (χ4v) is 1.81. The quantitative estimate of drug-likeness (QED) is 0.585. The molecule has 4 N–H and O–H groups in total. The maximum absolute atomic E-state index is 11.5. The Bertz CT molecular complexity index is 654. The van der Waals surface area contributed by atoms with Crippen molar-refractivity contribution in [3.63, 3.8) is 0 Å². The number of alkyl carbamates (subject to hydrolysis) is 1. The highest BCUT2D eigenvalue weighted by atomic mass is 16.5. The van der Waals surface area contributed by atoms with Crippen LogP contribution in [0.15, 0.2) is 54.6 Å². The van der Waals surface area contributed by atoms with Gasteiger partial charge in [0.2, 0.25) is 0 Å². The Morgan fingerprint density at radius 3 is 2.77 bits per heavy atom. The molecule has 22 heavy (non-hydrogen) atoms. The molecule has 0 atom stereocenters. The monoisotopic (exact) mass is 298 g/mol. The van der Waals surface area contributed by atoms with Crippen LogP contribution in [-0.4, -0.2) is 17.7 Å². The van der Waals surface area contributed by atoms with E-state index < -0.39 is 6.09 Å². The molecule has 2 rings (SSSR count). The molecule has 0 heterocycles. The van der Waals surface area contributed by atoms with Crippen molar-refractivity contribution in [2.45, 2.75) is 6.61 Å². The summed E-state index contributed by atoms with van der Waals surface area (Å²) in [7, 11) is 0. The van der Waals surface area contributed by atoms with E-state index in [0.717, 1.165) is 5.56 Å². The van der Waals surface area contributed by atoms with Crippen LogP contribution in [0.2, 0.25) is 0 Å². The van der Waals surface area contributed by atoms with Gasteiger partial charge in [-0.2, -0.15) is 0 Å². The van der Waals surface area contributed by atoms with Gasteiger partial charge in [0.1, 0.15) is 12.4 Å². The number of hydrogen-bond acceptors (Lipinski definition) is 4. The van der Waals surface area contributed by atoms with Crippen molar-refractivity contribution in [3.8, 4) is 5.75 Å². The zero-order valence-electron chi connectivity index (χ0n) is 12.0. The van der Waals surface area contributed by atoms with Gasteiger partial charge in [0.15, 0.2) is 0 Å². The number of phenolic OH excluding ortho intramolecular Hbond substituents is 1. The van der Waals surface area contributed by atoms with Crippen molar-refractivity contribution < 1.29 is 14.6 Å². The van der Waals surface area contributed by atoms with E-state index in [9.17, 15) is 9.90 Å². The van der Waals surface area contributed by atoms with Gasteiger partial charge in [-0.3, -0.25) is 0 Å². The summed E-state index contributed by atoms with van der Waals surface area (Å²) in [4.78, 5) is 11.5. The minimum Gasteiger partial charge on any atom is -0.507 e. The average molecular weight is 298 g/mol. The molecule has 0 radical (unpaired) electrons. The minimum atomic E-state index is -0.495. The van der Waals surface area contributed by atoms with Crippen LogP contribution in [0.25, 0.3) is 6.08 Å². The topological polar surface area (TPSA) is 84.6 Å². The van der Waals surface area contributed by atoms with E-state index in [1.807, 2.05) is 30.3 Å². The maximum Gasteiger partial charge on any atom is 0.407 e. The van der Waals surface area contributed by atoms with Gasteiger partial charge >= 0.3 is 6.09 Å². The lowest BCUT2D eigenvalue weighted by Crippen LogP contribution is -2.24. The number of benzene rings is 2. The molecule has 0 spiro atoms. The summed E-state index contributed by atoms with van der Waals surface area (Å²) in [6, 6.07) is 14.2. The van der Waals surface area contributed by atoms with E-state index >= 15 is 0 Å². The second kappa shape index (κ2) is 7.73. The average Bonchev–Trinajstić information content (AvgIpc) is 2.53. The van der Waals surface area contributed by atoms with Crippen LogP contribution in [0.4, 0.5) is 10.5 Å². The molecule has 0 aromatic heterocycles. The van der Waals surface area contributed by atoms with Crippen molar-refractivity contribution in [2.24, 2.45) is 0 Å². The highest BCUT2D eigenvalue weighted by Crippen LogP contribution is 2.20. The minimum absolute atomic E-state index is 0.136. The van der Waals surface area contributed by atoms with Gasteiger partial charge in [-0.25, -0.2) is 4.79 Å². The van der Waals surface area contributed by atoms with Gasteiger partial charge in [0.25, 0.3) is 0 Å². The molecule has 0 aliphatic carbocycles. The first-order chi connectivity index (χ1) is 10.6. The van der Waals surface area contributed by atoms with E-state index in [1.54, 1.807) is 24.3 Å². The summed E-state index contributed by atoms with van der Waals surface area (Å²) in [6.07, 6.45) is 2.90. The molecule has 0 bridgehead atoms. The molecule has 0 aliphatic rings. The molecule has 2 aromatic rings. The molecule has 0 saturated heterocycles. The Morgan fingerprint density at radius 2 is 2.00 bits per heavy atom. The number of nitrogen functional groups attached to an aromatic ring is 1. The van der Waals surface area contributed by atoms with Gasteiger partial charge in [-0.05, 0) is 23.8 Å². The number of phenols is 1. The molecule has 114 valence electrons. The van der Waals surface area contributed by atoms with Gasteiger partial charge in [-0.1, -0.05) is 42.5 Å². The molecule has 5 heteroatoms. The smallest absolute Gasteiger partial charge is 0.407 e. The number of carbonyl (C=O) groups is 1. The molecule has 0 saturated carbocycles. The first kappa shape index (κ1) is 15.4. The second-order valence-electron chi connectivity index (χ2n) is 4.66. The summed E-state index contributed by atoms with van der Waals surface area (Å²) < 4.78 is 5.07. The van der Waals surface area contributed by atoms with Crippen molar-refractivity contribution in [3.05, 3.63) is 65.7 Å². The lowest BCUT2D eigenvalue weighted by Gasteiger charge is -2.05. The summed E-state index contributed by atoms with van der Waals surface area (Å²) in [5, 5.41) is 12.2. The molecule has 2 aromatic carbocycles. The van der Waals surface area contributed by atoms with Crippen LogP contribution >= 0.6 is 0 Å². The van der Waals surface area contributed by atoms with E-state index in [1.165, 1.54) is 6.07 Å². The molecular formula is C17H18N2O3. The normalized spacial score (nSPS) is 10.5. The predicted octanol–water partition coefficient (Wildman–Crippen LogP) is 2.91. The van der Waals surface area contributed by atoms with E-state index in [2.05, 4.69) is 5.32 Å². The Morgan fingerprint density at radius 1 is 1.23 bits per heavy atom. The number of anilines is 1. The number of hydrogen-bond donors (Lipinski definition) is 3. The van der Waals surface area contributed by atoms with Crippen molar-refractivity contribution in [1.82, 2.24) is 5.32 Å². The standard InChI is InChI=1S/C17H18N2O3/c18-15-8-9-16(20)14(11-15)7-4-10-19-17(21)22-12-13-5-2-1-3-6-13/h1-9,11,20H,10,12,18H2,(H,19,21). The van der Waals surface area contributed by atoms with Gasteiger partial charge in [-0.15, -0.1) is 0 Å². The van der Waals surface area contributed by atoms with Crippen LogP contribution in [0, 0.1) is 0 Å². The summed E-state index contributed by atoms with van der Waals surface area (Å²) in [6.45, 7) is 0.522. The van der Waals surface area contributed by atoms with Crippen LogP contribution in [0.3, 0.4) is 0 Å². The SMILES string of the molecule is Nc1ccc(O)c(C=CCNC(=O)OCc2ccccc2)c1. The Kier molecular flexibility index (Phi) is 5.43. The molecule has 5 nitrogen and oxygen atoms in total. The molecule has 1 amide bonds. The molecule has 0 fully saturated rings. The van der Waals surface area contributed by atoms with Gasteiger partial charge in [0, 0.05) is 17.8 Å². The van der Waals surface area contributed by atoms with Crippen LogP contribution < -0.4 is 11.1 Å². The van der Waals surface area contributed by atoms with Crippen molar-refractivity contribution in [2.75, 3.05) is 12.3 Å². The maximum atomic E-state index is 11.5. The summed E-state index contributed by atoms with van der Waals surface area (Å²) in [5.74, 6) is 0.136. The number of aromatic hydroxyl groups is 1. The van der Waals surface area contributed by atoms with Gasteiger partial charge < -0.3 is 20.9 Å². The zero-order valence-corrected chi connectivity index (χ0v) is 12.0. The molecule has 0 aliphatic heterocycles. The van der Waals surface area contributed by atoms with Crippen LogP contribution in [0.5, 0.6) is 5.75 Å². The number of rotatable bonds is 5. The Balaban J connectivity index is 1.75. The van der Waals surface area contributed by atoms with Gasteiger partial charge in [0.05, 0.1) is 0 Å². The third-order valence-electron chi connectivity index (χ3n) is 2.93. The zero-order chi connectivity index (χ0) is 15.8. The van der Waals surface area contributed by atoms with Crippen LogP contribution in [-0.2, 0) is 11.3 Å². The Labute approximate surface area is 129 Å². The van der Waals surface area contributed by atoms with Crippen molar-refractivity contribution >= 4 is 17.9 Å². The lowest BCUT2D eigenvalue weighted by atomic mass is 10.1. The predicted molar refractivity (Wildman–Crippen MR) is 86.2 cm³/mol. The first-order valence-corrected chi connectivity index (χ1v) is 6.85. The fourth-order valence-electron chi connectivity index (χ4n) is 1.81. The Hall–Kier alpha value is -2.95.